The second-order valence-corrected chi connectivity index (χ2v) is 1.24. The first-order chi connectivity index (χ1) is 3.18. The number of aliphatic carboxylic acids is 1. The Labute approximate surface area is 58.2 Å². The molecule has 0 aromatic rings. The minimum absolute atomic E-state index is 0. The van der Waals surface area contributed by atoms with Gasteiger partial charge >= 0.3 is 17.1 Å². The molecule has 1 unspecified atom stereocenters. The van der Waals surface area contributed by atoms with E-state index in [4.69, 9.17) is 5.11 Å². The van der Waals surface area contributed by atoms with Gasteiger partial charge in [-0.1, -0.05) is 6.92 Å². The minimum Gasteiger partial charge on any atom is -0.547 e. The van der Waals surface area contributed by atoms with E-state index in [2.05, 4.69) is 0 Å². The summed E-state index contributed by atoms with van der Waals surface area (Å²) in [7, 11) is 0. The molecule has 0 bridgehead atoms. The predicted octanol–water partition coefficient (Wildman–Crippen LogP) is -1.50. The molecule has 0 aromatic carbocycles. The number of carboxylic acids is 1. The standard InChI is InChI=1S/C4H8O3.Cu/c1-2-3(5)4(6)7;/h3,5H,2H2,1H3,(H,6,7);/q;+1/p-1. The van der Waals surface area contributed by atoms with Crippen molar-refractivity contribution in [2.75, 3.05) is 0 Å². The SMILES string of the molecule is CCC(O)C(=O)[O-].[Cu+]. The molecule has 0 rings (SSSR count). The van der Waals surface area contributed by atoms with Crippen LogP contribution in [-0.4, -0.2) is 17.2 Å². The molecule has 4 heteroatoms. The van der Waals surface area contributed by atoms with Crippen molar-refractivity contribution in [1.29, 1.82) is 0 Å². The van der Waals surface area contributed by atoms with Crippen LogP contribution >= 0.6 is 0 Å². The van der Waals surface area contributed by atoms with Crippen molar-refractivity contribution in [3.63, 3.8) is 0 Å². The smallest absolute Gasteiger partial charge is 0.547 e. The number of aliphatic hydroxyl groups is 1. The van der Waals surface area contributed by atoms with E-state index < -0.39 is 12.1 Å². The van der Waals surface area contributed by atoms with Crippen LogP contribution in [0.15, 0.2) is 0 Å². The van der Waals surface area contributed by atoms with Gasteiger partial charge in [0.15, 0.2) is 0 Å². The van der Waals surface area contributed by atoms with Crippen LogP contribution in [0.25, 0.3) is 0 Å². The van der Waals surface area contributed by atoms with E-state index in [0.29, 0.717) is 0 Å². The second kappa shape index (κ2) is 5.09. The Morgan fingerprint density at radius 2 is 2.25 bits per heavy atom. The van der Waals surface area contributed by atoms with Gasteiger partial charge in [-0.15, -0.1) is 0 Å². The Balaban J connectivity index is 0. The second-order valence-electron chi connectivity index (χ2n) is 1.24. The normalized spacial score (nSPS) is 11.8. The molecular formula is C4H7CuO3. The van der Waals surface area contributed by atoms with Crippen molar-refractivity contribution >= 4 is 5.97 Å². The average Bonchev–Trinajstić information content (AvgIpc) is 1.65. The number of carbonyl (C=O) groups excluding carboxylic acids is 1. The summed E-state index contributed by atoms with van der Waals surface area (Å²) in [6.07, 6.45) is -1.08. The van der Waals surface area contributed by atoms with Crippen LogP contribution in [0.2, 0.25) is 0 Å². The van der Waals surface area contributed by atoms with Crippen molar-refractivity contribution in [2.45, 2.75) is 19.4 Å². The summed E-state index contributed by atoms with van der Waals surface area (Å²) in [6, 6.07) is 0. The van der Waals surface area contributed by atoms with Gasteiger partial charge in [-0.05, 0) is 6.42 Å². The number of carboxylic acid groups (broad SMARTS) is 1. The van der Waals surface area contributed by atoms with Crippen LogP contribution in [0.5, 0.6) is 0 Å². The van der Waals surface area contributed by atoms with Crippen LogP contribution in [-0.2, 0) is 21.9 Å². The molecule has 0 aromatic heterocycles. The van der Waals surface area contributed by atoms with E-state index in [1.165, 1.54) is 0 Å². The van der Waals surface area contributed by atoms with Gasteiger partial charge in [-0.25, -0.2) is 0 Å². The molecule has 0 amide bonds. The molecule has 3 nitrogen and oxygen atoms in total. The Morgan fingerprint density at radius 1 is 1.88 bits per heavy atom. The van der Waals surface area contributed by atoms with Gasteiger partial charge in [-0.3, -0.25) is 0 Å². The third kappa shape index (κ3) is 4.12. The van der Waals surface area contributed by atoms with Gasteiger partial charge in [-0.2, -0.15) is 0 Å². The molecule has 0 saturated carbocycles. The molecule has 8 heavy (non-hydrogen) atoms. The van der Waals surface area contributed by atoms with E-state index in [0.717, 1.165) is 0 Å². The maximum atomic E-state index is 9.57. The molecule has 0 aliphatic carbocycles. The predicted molar refractivity (Wildman–Crippen MR) is 21.3 cm³/mol. The summed E-state index contributed by atoms with van der Waals surface area (Å²) in [5.41, 5.74) is 0. The number of hydrogen-bond donors (Lipinski definition) is 1. The summed E-state index contributed by atoms with van der Waals surface area (Å²) >= 11 is 0. The first-order valence-corrected chi connectivity index (χ1v) is 2.07. The van der Waals surface area contributed by atoms with E-state index >= 15 is 0 Å². The third-order valence-electron chi connectivity index (χ3n) is 0.659. The molecule has 1 atom stereocenters. The van der Waals surface area contributed by atoms with E-state index in [-0.39, 0.29) is 23.5 Å². The van der Waals surface area contributed by atoms with Gasteiger partial charge in [0, 0.05) is 0 Å². The van der Waals surface area contributed by atoms with Crippen molar-refractivity contribution in [3.8, 4) is 0 Å². The molecule has 52 valence electrons. The summed E-state index contributed by atoms with van der Waals surface area (Å²) in [6.45, 7) is 1.57. The Bertz CT molecular complexity index is 73.7. The van der Waals surface area contributed by atoms with Crippen LogP contribution in [0.4, 0.5) is 0 Å². The number of aliphatic hydroxyl groups excluding tert-OH is 1. The quantitative estimate of drug-likeness (QED) is 0.509. The van der Waals surface area contributed by atoms with Crippen molar-refractivity contribution in [1.82, 2.24) is 0 Å². The van der Waals surface area contributed by atoms with Crippen LogP contribution in [0, 0.1) is 0 Å². The van der Waals surface area contributed by atoms with Gasteiger partial charge in [0.05, 0.1) is 12.1 Å². The maximum Gasteiger partial charge on any atom is 1.00 e. The Morgan fingerprint density at radius 3 is 2.25 bits per heavy atom. The van der Waals surface area contributed by atoms with Gasteiger partial charge in [0.25, 0.3) is 0 Å². The molecule has 0 radical (unpaired) electrons. The third-order valence-corrected chi connectivity index (χ3v) is 0.659. The monoisotopic (exact) mass is 166 g/mol. The fourth-order valence-corrected chi connectivity index (χ4v) is 0.167. The maximum absolute atomic E-state index is 9.57. The van der Waals surface area contributed by atoms with Gasteiger partial charge in [0.1, 0.15) is 0 Å². The molecule has 0 aliphatic heterocycles. The molecule has 0 spiro atoms. The Hall–Kier alpha value is -0.0505. The van der Waals surface area contributed by atoms with Crippen LogP contribution < -0.4 is 5.11 Å². The summed E-state index contributed by atoms with van der Waals surface area (Å²) < 4.78 is 0. The Kier molecular flexibility index (Phi) is 6.91. The fraction of sp³-hybridized carbons (Fsp3) is 0.750. The molecule has 1 N–H and O–H groups in total. The first kappa shape index (κ1) is 10.8. The molecule has 0 saturated heterocycles. The topological polar surface area (TPSA) is 60.4 Å². The van der Waals surface area contributed by atoms with Crippen LogP contribution in [0.1, 0.15) is 13.3 Å². The molecular weight excluding hydrogens is 160 g/mol. The summed E-state index contributed by atoms with van der Waals surface area (Å²) in [5.74, 6) is -1.40. The summed E-state index contributed by atoms with van der Waals surface area (Å²) in [4.78, 5) is 9.57. The first-order valence-electron chi connectivity index (χ1n) is 2.07. The zero-order valence-corrected chi connectivity index (χ0v) is 5.29. The molecule has 0 aliphatic rings. The zero-order valence-electron chi connectivity index (χ0n) is 4.35. The fourth-order valence-electron chi connectivity index (χ4n) is 0.167. The van der Waals surface area contributed by atoms with Crippen LogP contribution in [0.3, 0.4) is 0 Å². The van der Waals surface area contributed by atoms with Crippen molar-refractivity contribution in [3.05, 3.63) is 0 Å². The van der Waals surface area contributed by atoms with E-state index in [1.54, 1.807) is 6.92 Å². The minimum atomic E-state index is -1.40. The van der Waals surface area contributed by atoms with E-state index in [1.807, 2.05) is 0 Å². The molecule has 0 heterocycles. The average molecular weight is 167 g/mol. The number of carbonyl (C=O) groups is 1. The van der Waals surface area contributed by atoms with Crippen molar-refractivity contribution in [2.24, 2.45) is 0 Å². The zero-order chi connectivity index (χ0) is 5.86. The number of hydrogen-bond acceptors (Lipinski definition) is 3. The van der Waals surface area contributed by atoms with Gasteiger partial charge < -0.3 is 15.0 Å². The molecule has 0 fully saturated rings. The van der Waals surface area contributed by atoms with Gasteiger partial charge in [0.2, 0.25) is 0 Å². The largest absolute Gasteiger partial charge is 1.00 e. The van der Waals surface area contributed by atoms with E-state index in [9.17, 15) is 9.90 Å². The number of rotatable bonds is 2. The summed E-state index contributed by atoms with van der Waals surface area (Å²) in [5, 5.41) is 17.8. The van der Waals surface area contributed by atoms with Crippen molar-refractivity contribution < 1.29 is 32.1 Å².